The van der Waals surface area contributed by atoms with Crippen molar-refractivity contribution >= 4 is 17.4 Å². The lowest BCUT2D eigenvalue weighted by Crippen LogP contribution is -2.49. The van der Waals surface area contributed by atoms with Gasteiger partial charge in [0, 0.05) is 26.2 Å². The molecule has 110 valence electrons. The summed E-state index contributed by atoms with van der Waals surface area (Å²) in [4.78, 5) is 26.0. The number of carbonyl (C=O) groups is 1. The Kier molecular flexibility index (Phi) is 3.30. The Morgan fingerprint density at radius 1 is 1.38 bits per heavy atom. The summed E-state index contributed by atoms with van der Waals surface area (Å²) in [6, 6.07) is 3.28. The normalized spacial score (nSPS) is 15.2. The van der Waals surface area contributed by atoms with E-state index in [1.54, 1.807) is 17.0 Å². The number of H-pyrrole nitrogens is 1. The molecule has 1 aliphatic heterocycles. The molecule has 0 bridgehead atoms. The zero-order valence-electron chi connectivity index (χ0n) is 11.1. The van der Waals surface area contributed by atoms with Crippen molar-refractivity contribution in [3.63, 3.8) is 0 Å². The van der Waals surface area contributed by atoms with Crippen LogP contribution in [0.4, 0.5) is 11.5 Å². The lowest BCUT2D eigenvalue weighted by atomic mass is 10.2. The van der Waals surface area contributed by atoms with Crippen LogP contribution in [0, 0.1) is 10.1 Å². The van der Waals surface area contributed by atoms with Crippen LogP contribution in [0.2, 0.25) is 0 Å². The van der Waals surface area contributed by atoms with Crippen LogP contribution in [0.25, 0.3) is 0 Å². The van der Waals surface area contributed by atoms with E-state index in [0.29, 0.717) is 37.8 Å². The maximum atomic E-state index is 12.1. The van der Waals surface area contributed by atoms with Crippen molar-refractivity contribution in [3.8, 4) is 0 Å². The first-order valence-electron chi connectivity index (χ1n) is 6.42. The van der Waals surface area contributed by atoms with Crippen LogP contribution in [-0.4, -0.2) is 52.1 Å². The molecule has 3 heterocycles. The molecule has 3 rings (SSSR count). The molecule has 1 N–H and O–H groups in total. The predicted octanol–water partition coefficient (Wildman–Crippen LogP) is 0.873. The Hall–Kier alpha value is -2.84. The average molecular weight is 291 g/mol. The SMILES string of the molecule is O=C(c1ccco1)N1CCN(c2[nH]ncc2[N+](=O)[O-])CC1. The number of carbonyl (C=O) groups excluding carboxylic acids is 1. The van der Waals surface area contributed by atoms with Crippen molar-refractivity contribution in [3.05, 3.63) is 40.5 Å². The first kappa shape index (κ1) is 13.2. The van der Waals surface area contributed by atoms with Gasteiger partial charge in [-0.2, -0.15) is 5.10 Å². The molecule has 1 fully saturated rings. The first-order valence-corrected chi connectivity index (χ1v) is 6.42. The minimum absolute atomic E-state index is 0.0548. The molecule has 0 aliphatic carbocycles. The van der Waals surface area contributed by atoms with Gasteiger partial charge in [-0.15, -0.1) is 0 Å². The van der Waals surface area contributed by atoms with E-state index in [1.807, 2.05) is 4.90 Å². The Bertz CT molecular complexity index is 642. The van der Waals surface area contributed by atoms with Crippen molar-refractivity contribution in [1.29, 1.82) is 0 Å². The highest BCUT2D eigenvalue weighted by molar-refractivity contribution is 5.91. The van der Waals surface area contributed by atoms with Gasteiger partial charge >= 0.3 is 5.69 Å². The maximum absolute atomic E-state index is 12.1. The minimum atomic E-state index is -0.473. The van der Waals surface area contributed by atoms with Gasteiger partial charge in [-0.25, -0.2) is 0 Å². The second-order valence-corrected chi connectivity index (χ2v) is 4.62. The molecule has 2 aromatic rings. The summed E-state index contributed by atoms with van der Waals surface area (Å²) >= 11 is 0. The number of anilines is 1. The van der Waals surface area contributed by atoms with Crippen molar-refractivity contribution in [2.75, 3.05) is 31.1 Å². The third-order valence-corrected chi connectivity index (χ3v) is 3.41. The van der Waals surface area contributed by atoms with Gasteiger partial charge in [0.25, 0.3) is 5.91 Å². The Morgan fingerprint density at radius 2 is 2.14 bits per heavy atom. The van der Waals surface area contributed by atoms with Crippen LogP contribution >= 0.6 is 0 Å². The summed E-state index contributed by atoms with van der Waals surface area (Å²) in [5.41, 5.74) is -0.0548. The fourth-order valence-electron chi connectivity index (χ4n) is 2.33. The van der Waals surface area contributed by atoms with Gasteiger partial charge in [-0.05, 0) is 12.1 Å². The van der Waals surface area contributed by atoms with Crippen LogP contribution in [0.5, 0.6) is 0 Å². The Balaban J connectivity index is 1.66. The molecule has 9 nitrogen and oxygen atoms in total. The van der Waals surface area contributed by atoms with E-state index in [4.69, 9.17) is 4.42 Å². The van der Waals surface area contributed by atoms with Crippen LogP contribution in [-0.2, 0) is 0 Å². The third-order valence-electron chi connectivity index (χ3n) is 3.41. The fourth-order valence-corrected chi connectivity index (χ4v) is 2.33. The van der Waals surface area contributed by atoms with Crippen molar-refractivity contribution in [2.45, 2.75) is 0 Å². The monoisotopic (exact) mass is 291 g/mol. The lowest BCUT2D eigenvalue weighted by Gasteiger charge is -2.34. The van der Waals surface area contributed by atoms with Crippen molar-refractivity contribution in [1.82, 2.24) is 15.1 Å². The quantitative estimate of drug-likeness (QED) is 0.664. The van der Waals surface area contributed by atoms with Crippen LogP contribution < -0.4 is 4.90 Å². The highest BCUT2D eigenvalue weighted by Crippen LogP contribution is 2.25. The summed E-state index contributed by atoms with van der Waals surface area (Å²) in [5, 5.41) is 17.2. The molecular weight excluding hydrogens is 278 g/mol. The summed E-state index contributed by atoms with van der Waals surface area (Å²) in [5.74, 6) is 0.514. The van der Waals surface area contributed by atoms with Gasteiger partial charge in [-0.3, -0.25) is 20.0 Å². The summed E-state index contributed by atoms with van der Waals surface area (Å²) in [6.45, 7) is 1.93. The van der Waals surface area contributed by atoms with E-state index in [-0.39, 0.29) is 11.6 Å². The van der Waals surface area contributed by atoms with Gasteiger partial charge in [0.05, 0.1) is 11.2 Å². The highest BCUT2D eigenvalue weighted by Gasteiger charge is 2.28. The molecule has 0 radical (unpaired) electrons. The second-order valence-electron chi connectivity index (χ2n) is 4.62. The number of rotatable bonds is 3. The number of furan rings is 1. The number of aromatic amines is 1. The van der Waals surface area contributed by atoms with E-state index in [2.05, 4.69) is 10.2 Å². The number of hydrogen-bond donors (Lipinski definition) is 1. The van der Waals surface area contributed by atoms with Gasteiger partial charge in [0.2, 0.25) is 5.82 Å². The van der Waals surface area contributed by atoms with Crippen molar-refractivity contribution in [2.24, 2.45) is 0 Å². The van der Waals surface area contributed by atoms with Crippen LogP contribution in [0.3, 0.4) is 0 Å². The summed E-state index contributed by atoms with van der Waals surface area (Å²) in [7, 11) is 0. The molecule has 9 heteroatoms. The second kappa shape index (κ2) is 5.27. The topological polar surface area (TPSA) is 109 Å². The molecule has 21 heavy (non-hydrogen) atoms. The standard InChI is InChI=1S/C12H13N5O4/c18-12(10-2-1-7-21-10)16-5-3-15(4-6-16)11-9(17(19)20)8-13-14-11/h1-2,7-8H,3-6H2,(H,13,14). The number of amides is 1. The van der Waals surface area contributed by atoms with E-state index in [9.17, 15) is 14.9 Å². The average Bonchev–Trinajstić information content (AvgIpc) is 3.18. The number of nitrogens with one attached hydrogen (secondary N) is 1. The molecule has 2 aromatic heterocycles. The third kappa shape index (κ3) is 2.45. The molecule has 0 aromatic carbocycles. The van der Waals surface area contributed by atoms with Gasteiger partial charge in [0.15, 0.2) is 5.76 Å². The number of piperazine rings is 1. The molecule has 1 aliphatic rings. The van der Waals surface area contributed by atoms with Crippen LogP contribution in [0.15, 0.2) is 29.0 Å². The molecule has 0 spiro atoms. The van der Waals surface area contributed by atoms with E-state index < -0.39 is 4.92 Å². The number of nitrogens with zero attached hydrogens (tertiary/aromatic N) is 4. The lowest BCUT2D eigenvalue weighted by molar-refractivity contribution is -0.384. The minimum Gasteiger partial charge on any atom is -0.459 e. The summed E-state index contributed by atoms with van der Waals surface area (Å²) in [6.07, 6.45) is 2.65. The van der Waals surface area contributed by atoms with Crippen LogP contribution in [0.1, 0.15) is 10.6 Å². The number of aromatic nitrogens is 2. The van der Waals surface area contributed by atoms with E-state index in [0.717, 1.165) is 0 Å². The Labute approximate surface area is 119 Å². The van der Waals surface area contributed by atoms with Gasteiger partial charge in [0.1, 0.15) is 6.20 Å². The molecule has 0 unspecified atom stereocenters. The number of nitro groups is 1. The fraction of sp³-hybridized carbons (Fsp3) is 0.333. The molecular formula is C12H13N5O4. The number of hydrogen-bond acceptors (Lipinski definition) is 6. The predicted molar refractivity (Wildman–Crippen MR) is 72.1 cm³/mol. The van der Waals surface area contributed by atoms with Crippen molar-refractivity contribution < 1.29 is 14.1 Å². The van der Waals surface area contributed by atoms with E-state index >= 15 is 0 Å². The molecule has 1 amide bonds. The van der Waals surface area contributed by atoms with Gasteiger partial charge < -0.3 is 14.2 Å². The summed E-state index contributed by atoms with van der Waals surface area (Å²) < 4.78 is 5.09. The van der Waals surface area contributed by atoms with Gasteiger partial charge in [-0.1, -0.05) is 0 Å². The molecule has 1 saturated heterocycles. The Morgan fingerprint density at radius 3 is 2.76 bits per heavy atom. The van der Waals surface area contributed by atoms with E-state index in [1.165, 1.54) is 12.5 Å². The zero-order chi connectivity index (χ0) is 14.8. The first-order chi connectivity index (χ1) is 10.2. The molecule has 0 atom stereocenters. The zero-order valence-corrected chi connectivity index (χ0v) is 11.1. The molecule has 0 saturated carbocycles. The largest absolute Gasteiger partial charge is 0.459 e. The smallest absolute Gasteiger partial charge is 0.330 e. The highest BCUT2D eigenvalue weighted by atomic mass is 16.6. The maximum Gasteiger partial charge on any atom is 0.330 e.